The van der Waals surface area contributed by atoms with E-state index >= 15 is 0 Å². The van der Waals surface area contributed by atoms with Crippen LogP contribution in [0.3, 0.4) is 0 Å². The second-order valence-corrected chi connectivity index (χ2v) is 7.31. The molecule has 0 aliphatic rings. The Balaban J connectivity index is 2.31. The average molecular weight is 392 g/mol. The van der Waals surface area contributed by atoms with Crippen LogP contribution in [0.15, 0.2) is 72.0 Å². The van der Waals surface area contributed by atoms with Gasteiger partial charge in [-0.25, -0.2) is 9.97 Å². The highest BCUT2D eigenvalue weighted by Crippen LogP contribution is 2.33. The van der Waals surface area contributed by atoms with E-state index in [9.17, 15) is 0 Å². The Hall–Kier alpha value is -2.65. The number of rotatable bonds is 6. The van der Waals surface area contributed by atoms with Gasteiger partial charge < -0.3 is 4.90 Å². The molecule has 3 rings (SSSR count). The molecule has 0 spiro atoms. The molecule has 0 fully saturated rings. The SMILES string of the molecule is CC=CC(=C(C)C)N(CCC)c1nc(-c2ccccc2Cl)nc2ccccc12. The molecule has 0 saturated heterocycles. The molecule has 0 aliphatic carbocycles. The summed E-state index contributed by atoms with van der Waals surface area (Å²) in [7, 11) is 0. The van der Waals surface area contributed by atoms with Gasteiger partial charge in [0.1, 0.15) is 5.82 Å². The van der Waals surface area contributed by atoms with Gasteiger partial charge >= 0.3 is 0 Å². The summed E-state index contributed by atoms with van der Waals surface area (Å²) < 4.78 is 0. The topological polar surface area (TPSA) is 29.0 Å². The van der Waals surface area contributed by atoms with E-state index in [1.54, 1.807) is 0 Å². The van der Waals surface area contributed by atoms with Crippen LogP contribution in [0.4, 0.5) is 5.82 Å². The maximum atomic E-state index is 6.45. The highest BCUT2D eigenvalue weighted by atomic mass is 35.5. The molecule has 144 valence electrons. The number of halogens is 1. The van der Waals surface area contributed by atoms with Crippen LogP contribution in [-0.4, -0.2) is 16.5 Å². The minimum absolute atomic E-state index is 0.647. The largest absolute Gasteiger partial charge is 0.326 e. The summed E-state index contributed by atoms with van der Waals surface area (Å²) in [4.78, 5) is 12.1. The first-order valence-corrected chi connectivity index (χ1v) is 10.0. The van der Waals surface area contributed by atoms with Crippen molar-refractivity contribution in [2.75, 3.05) is 11.4 Å². The Bertz CT molecular complexity index is 1030. The zero-order valence-electron chi connectivity index (χ0n) is 16.9. The molecule has 0 amide bonds. The average Bonchev–Trinajstić information content (AvgIpc) is 2.70. The number of hydrogen-bond acceptors (Lipinski definition) is 3. The molecule has 0 radical (unpaired) electrons. The quantitative estimate of drug-likeness (QED) is 0.422. The van der Waals surface area contributed by atoms with Crippen LogP contribution >= 0.6 is 11.6 Å². The molecule has 0 unspecified atom stereocenters. The molecule has 3 aromatic rings. The van der Waals surface area contributed by atoms with Crippen molar-refractivity contribution >= 4 is 28.3 Å². The van der Waals surface area contributed by atoms with Crippen molar-refractivity contribution in [1.82, 2.24) is 9.97 Å². The lowest BCUT2D eigenvalue weighted by atomic mass is 10.1. The van der Waals surface area contributed by atoms with Crippen LogP contribution in [0.25, 0.3) is 22.3 Å². The third kappa shape index (κ3) is 4.10. The maximum Gasteiger partial charge on any atom is 0.163 e. The van der Waals surface area contributed by atoms with Gasteiger partial charge in [0.2, 0.25) is 0 Å². The fourth-order valence-corrected chi connectivity index (χ4v) is 3.50. The summed E-state index contributed by atoms with van der Waals surface area (Å²) in [5.74, 6) is 1.56. The number of hydrogen-bond donors (Lipinski definition) is 0. The predicted molar refractivity (Wildman–Crippen MR) is 121 cm³/mol. The molecular weight excluding hydrogens is 366 g/mol. The Morgan fingerprint density at radius 3 is 2.43 bits per heavy atom. The van der Waals surface area contributed by atoms with Crippen molar-refractivity contribution in [3.63, 3.8) is 0 Å². The van der Waals surface area contributed by atoms with Crippen molar-refractivity contribution in [2.24, 2.45) is 0 Å². The number of allylic oxidation sites excluding steroid dienone is 3. The van der Waals surface area contributed by atoms with Crippen LogP contribution in [0.5, 0.6) is 0 Å². The zero-order valence-corrected chi connectivity index (χ0v) is 17.7. The Morgan fingerprint density at radius 1 is 1.04 bits per heavy atom. The fraction of sp³-hybridized carbons (Fsp3) is 0.250. The number of aromatic nitrogens is 2. The summed E-state index contributed by atoms with van der Waals surface area (Å²) in [5.41, 5.74) is 4.17. The second kappa shape index (κ2) is 9.03. The highest BCUT2D eigenvalue weighted by molar-refractivity contribution is 6.33. The van der Waals surface area contributed by atoms with E-state index in [2.05, 4.69) is 43.9 Å². The third-order valence-corrected chi connectivity index (χ3v) is 4.86. The predicted octanol–water partition coefficient (Wildman–Crippen LogP) is 7.04. The van der Waals surface area contributed by atoms with Gasteiger partial charge in [-0.3, -0.25) is 0 Å². The summed E-state index contributed by atoms with van der Waals surface area (Å²) in [6.07, 6.45) is 5.23. The van der Waals surface area contributed by atoms with Crippen LogP contribution < -0.4 is 4.90 Å². The minimum Gasteiger partial charge on any atom is -0.326 e. The van der Waals surface area contributed by atoms with Gasteiger partial charge in [0.25, 0.3) is 0 Å². The molecule has 0 aliphatic heterocycles. The lowest BCUT2D eigenvalue weighted by molar-refractivity contribution is 0.841. The molecule has 3 nitrogen and oxygen atoms in total. The normalized spacial score (nSPS) is 11.2. The Morgan fingerprint density at radius 2 is 1.75 bits per heavy atom. The van der Waals surface area contributed by atoms with Gasteiger partial charge in [0.05, 0.1) is 10.5 Å². The van der Waals surface area contributed by atoms with Crippen molar-refractivity contribution < 1.29 is 0 Å². The van der Waals surface area contributed by atoms with E-state index in [0.717, 1.165) is 35.2 Å². The number of benzene rings is 2. The van der Waals surface area contributed by atoms with Crippen molar-refractivity contribution in [3.8, 4) is 11.4 Å². The number of nitrogens with zero attached hydrogens (tertiary/aromatic N) is 3. The first-order valence-electron chi connectivity index (χ1n) is 9.66. The van der Waals surface area contributed by atoms with Gasteiger partial charge in [0, 0.05) is 23.2 Å². The summed E-state index contributed by atoms with van der Waals surface area (Å²) >= 11 is 6.45. The maximum absolute atomic E-state index is 6.45. The van der Waals surface area contributed by atoms with Crippen molar-refractivity contribution in [2.45, 2.75) is 34.1 Å². The molecule has 2 aromatic carbocycles. The lowest BCUT2D eigenvalue weighted by Crippen LogP contribution is -2.25. The van der Waals surface area contributed by atoms with Gasteiger partial charge in [-0.15, -0.1) is 0 Å². The molecule has 4 heteroatoms. The van der Waals surface area contributed by atoms with Gasteiger partial charge in [-0.05, 0) is 57.5 Å². The van der Waals surface area contributed by atoms with E-state index in [1.807, 2.05) is 49.4 Å². The van der Waals surface area contributed by atoms with E-state index in [-0.39, 0.29) is 0 Å². The van der Waals surface area contributed by atoms with Crippen molar-refractivity contribution in [1.29, 1.82) is 0 Å². The van der Waals surface area contributed by atoms with Gasteiger partial charge in [0.15, 0.2) is 5.82 Å². The second-order valence-electron chi connectivity index (χ2n) is 6.90. The number of anilines is 1. The first kappa shape index (κ1) is 20.1. The van der Waals surface area contributed by atoms with Crippen LogP contribution in [0.1, 0.15) is 34.1 Å². The smallest absolute Gasteiger partial charge is 0.163 e. The lowest BCUT2D eigenvalue weighted by Gasteiger charge is -2.27. The van der Waals surface area contributed by atoms with Crippen LogP contribution in [-0.2, 0) is 0 Å². The molecule has 0 N–H and O–H groups in total. The number of para-hydroxylation sites is 1. The van der Waals surface area contributed by atoms with Crippen LogP contribution in [0, 0.1) is 0 Å². The molecule has 1 aromatic heterocycles. The molecular formula is C24H26ClN3. The summed E-state index contributed by atoms with van der Waals surface area (Å²) in [6, 6.07) is 15.9. The van der Waals surface area contributed by atoms with Crippen LogP contribution in [0.2, 0.25) is 5.02 Å². The highest BCUT2D eigenvalue weighted by Gasteiger charge is 2.18. The third-order valence-electron chi connectivity index (χ3n) is 4.53. The summed E-state index contributed by atoms with van der Waals surface area (Å²) in [5, 5.41) is 1.69. The summed E-state index contributed by atoms with van der Waals surface area (Å²) in [6.45, 7) is 9.37. The monoisotopic (exact) mass is 391 g/mol. The zero-order chi connectivity index (χ0) is 20.1. The van der Waals surface area contributed by atoms with Crippen molar-refractivity contribution in [3.05, 3.63) is 77.0 Å². The Labute approximate surface area is 172 Å². The Kier molecular flexibility index (Phi) is 6.48. The molecule has 0 saturated carbocycles. The first-order chi connectivity index (χ1) is 13.6. The molecule has 1 heterocycles. The minimum atomic E-state index is 0.647. The van der Waals surface area contributed by atoms with E-state index in [4.69, 9.17) is 21.6 Å². The molecule has 0 bridgehead atoms. The standard InChI is InChI=1S/C24H26ClN3/c1-5-11-22(17(3)4)28(16-6-2)24-19-13-8-10-15-21(19)26-23(27-24)18-12-7-9-14-20(18)25/h5,7-15H,6,16H2,1-4H3. The fourth-order valence-electron chi connectivity index (χ4n) is 3.28. The van der Waals surface area contributed by atoms with E-state index < -0.39 is 0 Å². The molecule has 28 heavy (non-hydrogen) atoms. The van der Waals surface area contributed by atoms with E-state index in [1.165, 1.54) is 11.3 Å². The van der Waals surface area contributed by atoms with E-state index in [0.29, 0.717) is 10.8 Å². The van der Waals surface area contributed by atoms with Gasteiger partial charge in [-0.1, -0.05) is 54.4 Å². The number of fused-ring (bicyclic) bond motifs is 1. The molecule has 0 atom stereocenters. The van der Waals surface area contributed by atoms with Gasteiger partial charge in [-0.2, -0.15) is 0 Å².